The van der Waals surface area contributed by atoms with Crippen LogP contribution in [-0.4, -0.2) is 30.9 Å². The van der Waals surface area contributed by atoms with E-state index < -0.39 is 0 Å². The number of ether oxygens (including phenoxy) is 1. The van der Waals surface area contributed by atoms with Gasteiger partial charge in [-0.1, -0.05) is 6.42 Å². The van der Waals surface area contributed by atoms with Crippen LogP contribution in [0.5, 0.6) is 0 Å². The van der Waals surface area contributed by atoms with Gasteiger partial charge in [-0.05, 0) is 57.6 Å². The Bertz CT molecular complexity index is 587. The smallest absolute Gasteiger partial charge is 0.339 e. The number of esters is 1. The molecular formula is C18H25NO3S. The van der Waals surface area contributed by atoms with Crippen molar-refractivity contribution in [1.82, 2.24) is 5.32 Å². The maximum Gasteiger partial charge on any atom is 0.339 e. The molecule has 1 N–H and O–H groups in total. The van der Waals surface area contributed by atoms with Crippen LogP contribution < -0.4 is 5.32 Å². The van der Waals surface area contributed by atoms with Crippen LogP contribution in [0.2, 0.25) is 0 Å². The Hall–Kier alpha value is -1.20. The van der Waals surface area contributed by atoms with Crippen molar-refractivity contribution in [3.63, 3.8) is 0 Å². The lowest BCUT2D eigenvalue weighted by Crippen LogP contribution is -2.32. The summed E-state index contributed by atoms with van der Waals surface area (Å²) in [5.74, 6) is -0.0291. The predicted octanol–water partition coefficient (Wildman–Crippen LogP) is 3.06. The summed E-state index contributed by atoms with van der Waals surface area (Å²) in [6, 6.07) is -0.0352. The van der Waals surface area contributed by atoms with Gasteiger partial charge in [0.15, 0.2) is 5.78 Å². The van der Waals surface area contributed by atoms with Gasteiger partial charge in [-0.25, -0.2) is 4.79 Å². The van der Waals surface area contributed by atoms with E-state index in [1.165, 1.54) is 17.7 Å². The van der Waals surface area contributed by atoms with Gasteiger partial charge in [0, 0.05) is 16.2 Å². The van der Waals surface area contributed by atoms with E-state index in [0.29, 0.717) is 18.6 Å². The minimum atomic E-state index is -0.242. The van der Waals surface area contributed by atoms with Gasteiger partial charge in [-0.2, -0.15) is 0 Å². The highest BCUT2D eigenvalue weighted by atomic mass is 32.1. The molecule has 0 spiro atoms. The summed E-state index contributed by atoms with van der Waals surface area (Å²) in [4.78, 5) is 27.2. The quantitative estimate of drug-likeness (QED) is 0.664. The molecule has 1 atom stereocenters. The van der Waals surface area contributed by atoms with Crippen molar-refractivity contribution in [2.24, 2.45) is 0 Å². The molecule has 0 radical (unpaired) electrons. The van der Waals surface area contributed by atoms with Crippen molar-refractivity contribution in [1.29, 1.82) is 0 Å². The number of carbonyl (C=O) groups is 2. The van der Waals surface area contributed by atoms with Crippen molar-refractivity contribution in [3.8, 4) is 0 Å². The first kappa shape index (κ1) is 16.7. The lowest BCUT2D eigenvalue weighted by molar-refractivity contribution is -0.120. The Balaban J connectivity index is 1.88. The molecule has 1 aliphatic carbocycles. The van der Waals surface area contributed by atoms with Crippen LogP contribution in [0.15, 0.2) is 0 Å². The summed E-state index contributed by atoms with van der Waals surface area (Å²) in [6.45, 7) is 3.12. The van der Waals surface area contributed by atoms with Crippen LogP contribution in [0.25, 0.3) is 0 Å². The lowest BCUT2D eigenvalue weighted by Gasteiger charge is -2.10. The predicted molar refractivity (Wildman–Crippen MR) is 91.3 cm³/mol. The second-order valence-electron chi connectivity index (χ2n) is 6.38. The van der Waals surface area contributed by atoms with Crippen LogP contribution in [0.4, 0.5) is 0 Å². The molecule has 4 nitrogen and oxygen atoms in total. The van der Waals surface area contributed by atoms with E-state index in [9.17, 15) is 9.59 Å². The number of carbonyl (C=O) groups excluding carboxylic acids is 2. The fourth-order valence-corrected chi connectivity index (χ4v) is 5.00. The number of fused-ring (bicyclic) bond motifs is 1. The molecule has 5 heteroatoms. The first-order valence-electron chi connectivity index (χ1n) is 8.77. The molecule has 1 aromatic rings. The minimum absolute atomic E-state index is 0.0352. The number of thiophene rings is 1. The zero-order chi connectivity index (χ0) is 16.2. The Morgan fingerprint density at radius 3 is 2.78 bits per heavy atom. The molecule has 126 valence electrons. The van der Waals surface area contributed by atoms with Crippen LogP contribution in [0.1, 0.15) is 64.7 Å². The Kier molecular flexibility index (Phi) is 5.49. The van der Waals surface area contributed by atoms with E-state index in [4.69, 9.17) is 4.74 Å². The standard InChI is InChI=1S/C18H25NO3S/c1-2-22-18(21)17-12-7-4-3-5-9-15(12)23-16(17)11-14(20)13-8-6-10-19-13/h13,19H,2-11H2,1H3/t13-/m1/s1. The molecule has 2 aliphatic rings. The van der Waals surface area contributed by atoms with Crippen molar-refractivity contribution < 1.29 is 14.3 Å². The van der Waals surface area contributed by atoms with E-state index in [1.807, 2.05) is 6.92 Å². The van der Waals surface area contributed by atoms with Crippen LogP contribution in [-0.2, 0) is 28.8 Å². The zero-order valence-electron chi connectivity index (χ0n) is 13.8. The number of aryl methyl sites for hydroxylation is 1. The third-order valence-corrected chi connectivity index (χ3v) is 6.05. The average molecular weight is 335 g/mol. The molecule has 1 aromatic heterocycles. The van der Waals surface area contributed by atoms with Gasteiger partial charge in [-0.3, -0.25) is 4.79 Å². The largest absolute Gasteiger partial charge is 0.462 e. The summed E-state index contributed by atoms with van der Waals surface area (Å²) >= 11 is 1.67. The van der Waals surface area contributed by atoms with Crippen molar-refractivity contribution in [2.45, 2.75) is 64.3 Å². The second-order valence-corrected chi connectivity index (χ2v) is 7.56. The minimum Gasteiger partial charge on any atom is -0.462 e. The molecular weight excluding hydrogens is 310 g/mol. The van der Waals surface area contributed by atoms with Gasteiger partial charge >= 0.3 is 5.97 Å². The van der Waals surface area contributed by atoms with Gasteiger partial charge in [-0.15, -0.1) is 11.3 Å². The number of hydrogen-bond donors (Lipinski definition) is 1. The SMILES string of the molecule is CCOC(=O)c1c(CC(=O)[C@H]2CCCN2)sc2c1CCCCC2. The number of rotatable bonds is 5. The number of ketones is 1. The molecule has 2 heterocycles. The maximum absolute atomic E-state index is 12.5. The number of hydrogen-bond acceptors (Lipinski definition) is 5. The van der Waals surface area contributed by atoms with Crippen LogP contribution in [0, 0.1) is 0 Å². The normalized spacial score (nSPS) is 20.8. The maximum atomic E-state index is 12.5. The molecule has 0 bridgehead atoms. The lowest BCUT2D eigenvalue weighted by atomic mass is 10.00. The van der Waals surface area contributed by atoms with Gasteiger partial charge in [0.1, 0.15) is 0 Å². The zero-order valence-corrected chi connectivity index (χ0v) is 14.6. The summed E-state index contributed by atoms with van der Waals surface area (Å²) in [6.07, 6.45) is 7.81. The number of nitrogens with one attached hydrogen (secondary N) is 1. The highest BCUT2D eigenvalue weighted by Gasteiger charge is 2.29. The van der Waals surface area contributed by atoms with E-state index in [-0.39, 0.29) is 17.8 Å². The van der Waals surface area contributed by atoms with Crippen molar-refractivity contribution in [2.75, 3.05) is 13.2 Å². The fourth-order valence-electron chi connectivity index (χ4n) is 3.61. The average Bonchev–Trinajstić information content (AvgIpc) is 3.11. The highest BCUT2D eigenvalue weighted by molar-refractivity contribution is 7.12. The fraction of sp³-hybridized carbons (Fsp3) is 0.667. The van der Waals surface area contributed by atoms with Crippen molar-refractivity contribution in [3.05, 3.63) is 20.9 Å². The molecule has 0 aromatic carbocycles. The van der Waals surface area contributed by atoms with E-state index in [1.54, 1.807) is 11.3 Å². The van der Waals surface area contributed by atoms with Gasteiger partial charge in [0.25, 0.3) is 0 Å². The monoisotopic (exact) mass is 335 g/mol. The highest BCUT2D eigenvalue weighted by Crippen LogP contribution is 2.35. The van der Waals surface area contributed by atoms with Crippen LogP contribution in [0.3, 0.4) is 0 Å². The molecule has 0 unspecified atom stereocenters. The third kappa shape index (κ3) is 3.66. The molecule has 1 fully saturated rings. The third-order valence-electron chi connectivity index (χ3n) is 4.76. The Morgan fingerprint density at radius 1 is 1.22 bits per heavy atom. The summed E-state index contributed by atoms with van der Waals surface area (Å²) < 4.78 is 5.28. The molecule has 0 saturated carbocycles. The van der Waals surface area contributed by atoms with Gasteiger partial charge < -0.3 is 10.1 Å². The topological polar surface area (TPSA) is 55.4 Å². The molecule has 1 saturated heterocycles. The molecule has 3 rings (SSSR count). The van der Waals surface area contributed by atoms with E-state index in [2.05, 4.69) is 5.32 Å². The molecule has 23 heavy (non-hydrogen) atoms. The van der Waals surface area contributed by atoms with Gasteiger partial charge in [0.2, 0.25) is 0 Å². The summed E-state index contributed by atoms with van der Waals surface area (Å²) in [7, 11) is 0. The Morgan fingerprint density at radius 2 is 2.04 bits per heavy atom. The second kappa shape index (κ2) is 7.58. The van der Waals surface area contributed by atoms with Gasteiger partial charge in [0.05, 0.1) is 18.2 Å². The Labute approximate surface area is 141 Å². The first-order chi connectivity index (χ1) is 11.2. The molecule has 1 aliphatic heterocycles. The van der Waals surface area contributed by atoms with E-state index in [0.717, 1.165) is 49.1 Å². The first-order valence-corrected chi connectivity index (χ1v) is 9.59. The number of Topliss-reactive ketones (excluding diaryl/α,β-unsaturated/α-hetero) is 1. The van der Waals surface area contributed by atoms with E-state index >= 15 is 0 Å². The summed E-state index contributed by atoms with van der Waals surface area (Å²) in [5, 5.41) is 3.26. The van der Waals surface area contributed by atoms with Crippen LogP contribution >= 0.6 is 11.3 Å². The summed E-state index contributed by atoms with van der Waals surface area (Å²) in [5.41, 5.74) is 1.87. The molecule has 0 amide bonds. The van der Waals surface area contributed by atoms with Crippen molar-refractivity contribution >= 4 is 23.1 Å².